The lowest BCUT2D eigenvalue weighted by molar-refractivity contribution is 0.0360. The number of amides is 2. The lowest BCUT2D eigenvalue weighted by atomic mass is 9.75. The molecule has 2 aromatic heterocycles. The molecule has 1 saturated heterocycles. The monoisotopic (exact) mass is 629 g/mol. The fourth-order valence-corrected chi connectivity index (χ4v) is 6.41. The first-order chi connectivity index (χ1) is 22.9. The molecule has 0 aliphatic carbocycles. The number of aromatic nitrogens is 3. The summed E-state index contributed by atoms with van der Waals surface area (Å²) in [6, 6.07) is 23.3. The fourth-order valence-electron chi connectivity index (χ4n) is 6.41. The number of carbonyl (C=O) groups is 2. The molecular weight excluding hydrogens is 590 g/mol. The summed E-state index contributed by atoms with van der Waals surface area (Å²) in [7, 11) is 0. The molecule has 2 aromatic carbocycles. The van der Waals surface area contributed by atoms with E-state index in [0.717, 1.165) is 49.3 Å². The number of nitrogens with zero attached hydrogens (tertiary/aromatic N) is 7. The standard InChI is InChI=1S/C37H39N7O3/c1-28-23-40-32(25-39-28)36(46)43-18-15-37(16-19-43)14-7-17-42(34-13-12-30(22-38)24-41-34)20-21-44(26-29-8-3-2-4-9-29)35(45)31-10-5-6-11-33(31)47-27-37/h2-6,8-13,23-25H,7,14-21,26-27H2,1H3. The molecule has 1 spiro atoms. The first-order valence-electron chi connectivity index (χ1n) is 16.2. The predicted octanol–water partition coefficient (Wildman–Crippen LogP) is 5.30. The molecule has 10 heteroatoms. The van der Waals surface area contributed by atoms with Gasteiger partial charge in [-0.1, -0.05) is 42.5 Å². The van der Waals surface area contributed by atoms with Crippen LogP contribution in [0, 0.1) is 23.7 Å². The van der Waals surface area contributed by atoms with Gasteiger partial charge < -0.3 is 19.4 Å². The highest BCUT2D eigenvalue weighted by molar-refractivity contribution is 5.97. The van der Waals surface area contributed by atoms with Crippen molar-refractivity contribution < 1.29 is 14.3 Å². The normalized spacial score (nSPS) is 17.0. The lowest BCUT2D eigenvalue weighted by Crippen LogP contribution is -2.46. The van der Waals surface area contributed by atoms with Crippen LogP contribution in [0.25, 0.3) is 0 Å². The number of piperidine rings is 1. The van der Waals surface area contributed by atoms with Crippen LogP contribution >= 0.6 is 0 Å². The Bertz CT molecular complexity index is 1710. The number of nitriles is 1. The first-order valence-corrected chi connectivity index (χ1v) is 16.2. The Kier molecular flexibility index (Phi) is 9.72. The Balaban J connectivity index is 1.28. The van der Waals surface area contributed by atoms with Crippen LogP contribution in [0.1, 0.15) is 63.4 Å². The van der Waals surface area contributed by atoms with E-state index >= 15 is 0 Å². The number of pyridine rings is 1. The molecule has 4 heterocycles. The molecule has 4 aromatic rings. The minimum absolute atomic E-state index is 0.0925. The Morgan fingerprint density at radius 2 is 1.66 bits per heavy atom. The zero-order valence-electron chi connectivity index (χ0n) is 26.7. The summed E-state index contributed by atoms with van der Waals surface area (Å²) >= 11 is 0. The van der Waals surface area contributed by atoms with Crippen molar-refractivity contribution >= 4 is 17.6 Å². The van der Waals surface area contributed by atoms with Crippen molar-refractivity contribution in [1.29, 1.82) is 5.26 Å². The fraction of sp³-hybridized carbons (Fsp3) is 0.351. The molecule has 0 N–H and O–H groups in total. The Morgan fingerprint density at radius 3 is 2.38 bits per heavy atom. The van der Waals surface area contributed by atoms with Gasteiger partial charge in [-0.15, -0.1) is 0 Å². The van der Waals surface area contributed by atoms with E-state index < -0.39 is 0 Å². The third kappa shape index (κ3) is 7.58. The summed E-state index contributed by atoms with van der Waals surface area (Å²) in [6.45, 7) is 5.71. The smallest absolute Gasteiger partial charge is 0.274 e. The van der Waals surface area contributed by atoms with Crippen molar-refractivity contribution in [2.75, 3.05) is 44.2 Å². The predicted molar refractivity (Wildman–Crippen MR) is 178 cm³/mol. The molecule has 2 amide bonds. The third-order valence-corrected chi connectivity index (χ3v) is 9.24. The number of carbonyl (C=O) groups excluding carboxylic acids is 2. The quantitative estimate of drug-likeness (QED) is 0.299. The van der Waals surface area contributed by atoms with Gasteiger partial charge in [-0.25, -0.2) is 9.97 Å². The molecule has 0 atom stereocenters. The van der Waals surface area contributed by atoms with Gasteiger partial charge in [0.25, 0.3) is 11.8 Å². The molecule has 0 unspecified atom stereocenters. The molecule has 2 aliphatic rings. The van der Waals surface area contributed by atoms with E-state index in [1.165, 1.54) is 0 Å². The van der Waals surface area contributed by atoms with Crippen LogP contribution in [0.15, 0.2) is 85.3 Å². The van der Waals surface area contributed by atoms with Crippen molar-refractivity contribution in [2.24, 2.45) is 5.41 Å². The Hall–Kier alpha value is -5.30. The van der Waals surface area contributed by atoms with Crippen LogP contribution in [0.5, 0.6) is 5.75 Å². The van der Waals surface area contributed by atoms with Gasteiger partial charge in [0.15, 0.2) is 0 Å². The van der Waals surface area contributed by atoms with Crippen LogP contribution in [-0.4, -0.2) is 75.9 Å². The number of hydrogen-bond acceptors (Lipinski definition) is 8. The van der Waals surface area contributed by atoms with E-state index in [1.807, 2.05) is 77.4 Å². The van der Waals surface area contributed by atoms with E-state index in [9.17, 15) is 14.9 Å². The summed E-state index contributed by atoms with van der Waals surface area (Å²) < 4.78 is 6.56. The topological polar surface area (TPSA) is 116 Å². The van der Waals surface area contributed by atoms with Crippen LogP contribution in [0.4, 0.5) is 5.82 Å². The molecular formula is C37H39N7O3. The van der Waals surface area contributed by atoms with Gasteiger partial charge in [0.2, 0.25) is 0 Å². The number of ether oxygens (including phenoxy) is 1. The van der Waals surface area contributed by atoms with Gasteiger partial charge >= 0.3 is 0 Å². The first kappa shape index (κ1) is 31.7. The van der Waals surface area contributed by atoms with Crippen molar-refractivity contribution in [1.82, 2.24) is 24.8 Å². The number of anilines is 1. The van der Waals surface area contributed by atoms with Crippen LogP contribution < -0.4 is 9.64 Å². The van der Waals surface area contributed by atoms with E-state index in [2.05, 4.69) is 25.9 Å². The molecule has 0 bridgehead atoms. The van der Waals surface area contributed by atoms with Crippen LogP contribution in [-0.2, 0) is 6.54 Å². The van der Waals surface area contributed by atoms with Crippen molar-refractivity contribution in [3.8, 4) is 11.8 Å². The maximum Gasteiger partial charge on any atom is 0.274 e. The molecule has 2 aliphatic heterocycles. The molecule has 0 saturated carbocycles. The average Bonchev–Trinajstić information content (AvgIpc) is 3.13. The molecule has 6 rings (SSSR count). The third-order valence-electron chi connectivity index (χ3n) is 9.24. The van der Waals surface area contributed by atoms with Gasteiger partial charge in [0.05, 0.1) is 29.6 Å². The minimum atomic E-state index is -0.187. The van der Waals surface area contributed by atoms with Crippen molar-refractivity contribution in [2.45, 2.75) is 39.2 Å². The number of benzene rings is 2. The summed E-state index contributed by atoms with van der Waals surface area (Å²) in [6.07, 6.45) is 8.06. The zero-order chi connectivity index (χ0) is 32.6. The van der Waals surface area contributed by atoms with Crippen LogP contribution in [0.2, 0.25) is 0 Å². The van der Waals surface area contributed by atoms with Gasteiger partial charge in [0, 0.05) is 57.1 Å². The van der Waals surface area contributed by atoms with E-state index in [0.29, 0.717) is 61.9 Å². The van der Waals surface area contributed by atoms with E-state index in [-0.39, 0.29) is 17.2 Å². The SMILES string of the molecule is Cc1cnc(C(=O)N2CCC3(CCCN(c4ccc(C#N)cn4)CCN(Cc4ccccc4)C(=O)c4ccccc4OC3)CC2)cn1. The number of fused-ring (bicyclic) bond motifs is 1. The van der Waals surface area contributed by atoms with Gasteiger partial charge in [-0.2, -0.15) is 5.26 Å². The van der Waals surface area contributed by atoms with Crippen molar-refractivity contribution in [3.05, 3.63) is 113 Å². The molecule has 10 nitrogen and oxygen atoms in total. The Morgan fingerprint density at radius 1 is 0.872 bits per heavy atom. The van der Waals surface area contributed by atoms with Crippen molar-refractivity contribution in [3.63, 3.8) is 0 Å². The lowest BCUT2D eigenvalue weighted by Gasteiger charge is -2.42. The average molecular weight is 630 g/mol. The molecule has 47 heavy (non-hydrogen) atoms. The highest BCUT2D eigenvalue weighted by atomic mass is 16.5. The largest absolute Gasteiger partial charge is 0.492 e. The second-order valence-electron chi connectivity index (χ2n) is 12.4. The van der Waals surface area contributed by atoms with E-state index in [4.69, 9.17) is 4.74 Å². The van der Waals surface area contributed by atoms with Gasteiger partial charge in [-0.05, 0) is 62.4 Å². The maximum atomic E-state index is 14.2. The Labute approximate surface area is 275 Å². The number of para-hydroxylation sites is 1. The second kappa shape index (κ2) is 14.4. The summed E-state index contributed by atoms with van der Waals surface area (Å²) in [5.74, 6) is 1.15. The molecule has 1 fully saturated rings. The van der Waals surface area contributed by atoms with Gasteiger partial charge in [-0.3, -0.25) is 14.6 Å². The molecule has 240 valence electrons. The maximum absolute atomic E-state index is 14.2. The number of aryl methyl sites for hydroxylation is 1. The highest BCUT2D eigenvalue weighted by Crippen LogP contribution is 2.38. The molecule has 0 radical (unpaired) electrons. The van der Waals surface area contributed by atoms with E-state index in [1.54, 1.807) is 24.7 Å². The highest BCUT2D eigenvalue weighted by Gasteiger charge is 2.38. The zero-order valence-corrected chi connectivity index (χ0v) is 26.7. The number of rotatable bonds is 4. The second-order valence-corrected chi connectivity index (χ2v) is 12.4. The van der Waals surface area contributed by atoms with Gasteiger partial charge in [0.1, 0.15) is 23.3 Å². The summed E-state index contributed by atoms with van der Waals surface area (Å²) in [5, 5.41) is 9.34. The summed E-state index contributed by atoms with van der Waals surface area (Å²) in [5.41, 5.74) is 3.03. The summed E-state index contributed by atoms with van der Waals surface area (Å²) in [4.78, 5) is 46.6. The number of hydrogen-bond donors (Lipinski definition) is 0. The minimum Gasteiger partial charge on any atom is -0.492 e. The van der Waals surface area contributed by atoms with Crippen LogP contribution in [0.3, 0.4) is 0 Å². The number of likely N-dealkylation sites (tertiary alicyclic amines) is 1.